The van der Waals surface area contributed by atoms with Crippen molar-refractivity contribution in [1.29, 1.82) is 0 Å². The molecule has 2 heteroatoms. The zero-order chi connectivity index (χ0) is 14.4. The van der Waals surface area contributed by atoms with Gasteiger partial charge < -0.3 is 4.98 Å². The number of para-hydroxylation sites is 1. The van der Waals surface area contributed by atoms with Gasteiger partial charge in [0.25, 0.3) is 0 Å². The van der Waals surface area contributed by atoms with Crippen LogP contribution in [0.25, 0.3) is 33.1 Å². The van der Waals surface area contributed by atoms with Gasteiger partial charge in [-0.3, -0.25) is 0 Å². The Morgan fingerprint density at radius 2 is 1.86 bits per heavy atom. The predicted molar refractivity (Wildman–Crippen MR) is 88.5 cm³/mol. The fourth-order valence-corrected chi connectivity index (χ4v) is 2.91. The van der Waals surface area contributed by atoms with E-state index in [4.69, 9.17) is 4.98 Å². The minimum absolute atomic E-state index is 1.02. The van der Waals surface area contributed by atoms with Crippen molar-refractivity contribution in [3.8, 4) is 11.3 Å². The minimum Gasteiger partial charge on any atom is -0.360 e. The van der Waals surface area contributed by atoms with Crippen molar-refractivity contribution < 1.29 is 0 Å². The molecule has 0 aliphatic rings. The van der Waals surface area contributed by atoms with Crippen LogP contribution in [0.4, 0.5) is 0 Å². The molecule has 4 aromatic rings. The summed E-state index contributed by atoms with van der Waals surface area (Å²) in [4.78, 5) is 8.19. The molecule has 0 spiro atoms. The number of fused-ring (bicyclic) bond motifs is 2. The van der Waals surface area contributed by atoms with Gasteiger partial charge in [0.15, 0.2) is 0 Å². The van der Waals surface area contributed by atoms with Crippen LogP contribution >= 0.6 is 0 Å². The Bertz CT molecular complexity index is 964. The van der Waals surface area contributed by atoms with E-state index in [1.165, 1.54) is 27.4 Å². The number of nitrogens with one attached hydrogen (secondary N) is 1. The van der Waals surface area contributed by atoms with Crippen molar-refractivity contribution in [1.82, 2.24) is 9.97 Å². The Hall–Kier alpha value is -2.61. The molecule has 1 N–H and O–H groups in total. The van der Waals surface area contributed by atoms with Crippen molar-refractivity contribution in [2.45, 2.75) is 13.8 Å². The molecule has 0 fully saturated rings. The fraction of sp³-hybridized carbons (Fsp3) is 0.105. The van der Waals surface area contributed by atoms with E-state index in [-0.39, 0.29) is 0 Å². The van der Waals surface area contributed by atoms with Gasteiger partial charge >= 0.3 is 0 Å². The van der Waals surface area contributed by atoms with Crippen molar-refractivity contribution in [3.63, 3.8) is 0 Å². The standard InChI is InChI=1S/C19H16N2/c1-12-6-8-17-14(10-12)7-9-18(21-17)16-11-20-19-13(2)4-3-5-15(16)19/h3-11,20H,1-2H3. The molecule has 0 saturated carbocycles. The Kier molecular flexibility index (Phi) is 2.58. The lowest BCUT2D eigenvalue weighted by atomic mass is 10.1. The van der Waals surface area contributed by atoms with Crippen molar-refractivity contribution in [3.05, 3.63) is 65.9 Å². The van der Waals surface area contributed by atoms with Crippen LogP contribution in [0, 0.1) is 13.8 Å². The number of hydrogen-bond acceptors (Lipinski definition) is 1. The van der Waals surface area contributed by atoms with E-state index in [0.29, 0.717) is 0 Å². The van der Waals surface area contributed by atoms with Gasteiger partial charge in [0.1, 0.15) is 0 Å². The number of aryl methyl sites for hydroxylation is 2. The number of hydrogen-bond donors (Lipinski definition) is 1. The highest BCUT2D eigenvalue weighted by Gasteiger charge is 2.09. The third kappa shape index (κ3) is 1.91. The highest BCUT2D eigenvalue weighted by Crippen LogP contribution is 2.30. The summed E-state index contributed by atoms with van der Waals surface area (Å²) in [5.74, 6) is 0. The van der Waals surface area contributed by atoms with Gasteiger partial charge in [-0.15, -0.1) is 0 Å². The van der Waals surface area contributed by atoms with E-state index in [2.05, 4.69) is 73.6 Å². The third-order valence-corrected chi connectivity index (χ3v) is 4.04. The van der Waals surface area contributed by atoms with Crippen LogP contribution in [-0.4, -0.2) is 9.97 Å². The van der Waals surface area contributed by atoms with E-state index in [1.54, 1.807) is 0 Å². The molecule has 0 amide bonds. The van der Waals surface area contributed by atoms with E-state index in [0.717, 1.165) is 16.8 Å². The summed E-state index contributed by atoms with van der Waals surface area (Å²) >= 11 is 0. The maximum absolute atomic E-state index is 4.82. The lowest BCUT2D eigenvalue weighted by molar-refractivity contribution is 1.38. The summed E-state index contributed by atoms with van der Waals surface area (Å²) in [5, 5.41) is 2.42. The summed E-state index contributed by atoms with van der Waals surface area (Å²) in [5.41, 5.74) is 6.94. The molecule has 0 bridgehead atoms. The van der Waals surface area contributed by atoms with Crippen LogP contribution in [0.15, 0.2) is 54.7 Å². The molecule has 0 aliphatic heterocycles. The summed E-state index contributed by atoms with van der Waals surface area (Å²) < 4.78 is 0. The summed E-state index contributed by atoms with van der Waals surface area (Å²) in [6.45, 7) is 4.23. The highest BCUT2D eigenvalue weighted by atomic mass is 14.7. The van der Waals surface area contributed by atoms with Gasteiger partial charge in [0.2, 0.25) is 0 Å². The average Bonchev–Trinajstić information content (AvgIpc) is 2.92. The first-order valence-corrected chi connectivity index (χ1v) is 7.17. The van der Waals surface area contributed by atoms with Crippen molar-refractivity contribution in [2.75, 3.05) is 0 Å². The maximum atomic E-state index is 4.82. The highest BCUT2D eigenvalue weighted by molar-refractivity contribution is 5.97. The Morgan fingerprint density at radius 3 is 2.76 bits per heavy atom. The maximum Gasteiger partial charge on any atom is 0.0731 e. The molecular formula is C19H16N2. The largest absolute Gasteiger partial charge is 0.360 e. The first kappa shape index (κ1) is 12.2. The molecular weight excluding hydrogens is 256 g/mol. The number of aromatic amines is 1. The zero-order valence-electron chi connectivity index (χ0n) is 12.1. The van der Waals surface area contributed by atoms with Crippen molar-refractivity contribution >= 4 is 21.8 Å². The lowest BCUT2D eigenvalue weighted by Gasteiger charge is -2.03. The first-order valence-electron chi connectivity index (χ1n) is 7.17. The number of aromatic nitrogens is 2. The molecule has 2 nitrogen and oxygen atoms in total. The van der Waals surface area contributed by atoms with Crippen LogP contribution in [-0.2, 0) is 0 Å². The number of benzene rings is 2. The second-order valence-electron chi connectivity index (χ2n) is 5.59. The molecule has 0 radical (unpaired) electrons. The van der Waals surface area contributed by atoms with Crippen LogP contribution in [0.3, 0.4) is 0 Å². The van der Waals surface area contributed by atoms with E-state index in [9.17, 15) is 0 Å². The molecule has 2 aromatic carbocycles. The topological polar surface area (TPSA) is 28.7 Å². The smallest absolute Gasteiger partial charge is 0.0731 e. The quantitative estimate of drug-likeness (QED) is 0.519. The van der Waals surface area contributed by atoms with Gasteiger partial charge in [-0.2, -0.15) is 0 Å². The Labute approximate surface area is 123 Å². The molecule has 0 saturated heterocycles. The van der Waals surface area contributed by atoms with Crippen LogP contribution in [0.1, 0.15) is 11.1 Å². The predicted octanol–water partition coefficient (Wildman–Crippen LogP) is 5.00. The monoisotopic (exact) mass is 272 g/mol. The van der Waals surface area contributed by atoms with E-state index < -0.39 is 0 Å². The normalized spacial score (nSPS) is 11.3. The molecule has 102 valence electrons. The summed E-state index contributed by atoms with van der Waals surface area (Å²) in [7, 11) is 0. The van der Waals surface area contributed by atoms with Gasteiger partial charge in [-0.05, 0) is 37.6 Å². The minimum atomic E-state index is 1.02. The number of rotatable bonds is 1. The van der Waals surface area contributed by atoms with Gasteiger partial charge in [-0.25, -0.2) is 4.98 Å². The molecule has 2 aromatic heterocycles. The lowest BCUT2D eigenvalue weighted by Crippen LogP contribution is -1.85. The molecule has 21 heavy (non-hydrogen) atoms. The number of nitrogens with zero attached hydrogens (tertiary/aromatic N) is 1. The van der Waals surface area contributed by atoms with Crippen LogP contribution in [0.2, 0.25) is 0 Å². The number of H-pyrrole nitrogens is 1. The van der Waals surface area contributed by atoms with Gasteiger partial charge in [-0.1, -0.05) is 35.9 Å². The van der Waals surface area contributed by atoms with E-state index in [1.807, 2.05) is 0 Å². The zero-order valence-corrected chi connectivity index (χ0v) is 12.1. The molecule has 2 heterocycles. The summed E-state index contributed by atoms with van der Waals surface area (Å²) in [6, 6.07) is 17.0. The second-order valence-corrected chi connectivity index (χ2v) is 5.59. The van der Waals surface area contributed by atoms with Crippen LogP contribution < -0.4 is 0 Å². The fourth-order valence-electron chi connectivity index (χ4n) is 2.91. The van der Waals surface area contributed by atoms with Gasteiger partial charge in [0, 0.05) is 28.0 Å². The van der Waals surface area contributed by atoms with Gasteiger partial charge in [0.05, 0.1) is 11.2 Å². The summed E-state index contributed by atoms with van der Waals surface area (Å²) in [6.07, 6.45) is 2.06. The van der Waals surface area contributed by atoms with E-state index >= 15 is 0 Å². The van der Waals surface area contributed by atoms with Crippen molar-refractivity contribution in [2.24, 2.45) is 0 Å². The molecule has 4 rings (SSSR count). The Morgan fingerprint density at radius 1 is 0.952 bits per heavy atom. The SMILES string of the molecule is Cc1ccc2nc(-c3c[nH]c4c(C)cccc34)ccc2c1. The Balaban J connectivity index is 1.96. The molecule has 0 atom stereocenters. The third-order valence-electron chi connectivity index (χ3n) is 4.04. The average molecular weight is 272 g/mol. The second kappa shape index (κ2) is 4.45. The first-order chi connectivity index (χ1) is 10.2. The number of pyridine rings is 1. The molecule has 0 aliphatic carbocycles. The van der Waals surface area contributed by atoms with Crippen LogP contribution in [0.5, 0.6) is 0 Å². The molecule has 0 unspecified atom stereocenters.